The molecule has 0 amide bonds. The molecule has 12 rings (SSSR count). The standard InChI is InChI=1S/C57H36N4/c1-3-15-39(16-4-1)55-45-21-9-11-23-47(45)56(48-24-12-10-22-46(48)55)40-28-26-38(27-29-40)51-35-52(44-25-13-17-37-14-7-8-20-43(37)44)60-57(59-51)41-30-31-53-49(34-41)50-36-58-33-32-54(50)61(53)42-18-5-2-6-19-42/h1-36H. The van der Waals surface area contributed by atoms with Crippen molar-refractivity contribution in [3.8, 4) is 61.8 Å². The molecule has 4 nitrogen and oxygen atoms in total. The van der Waals surface area contributed by atoms with Crippen LogP contribution in [0.2, 0.25) is 0 Å². The number of benzene rings is 9. The van der Waals surface area contributed by atoms with Crippen LogP contribution >= 0.6 is 0 Å². The van der Waals surface area contributed by atoms with Crippen molar-refractivity contribution < 1.29 is 0 Å². The van der Waals surface area contributed by atoms with Gasteiger partial charge in [0.25, 0.3) is 0 Å². The lowest BCUT2D eigenvalue weighted by atomic mass is 9.86. The van der Waals surface area contributed by atoms with Gasteiger partial charge >= 0.3 is 0 Å². The summed E-state index contributed by atoms with van der Waals surface area (Å²) in [6.45, 7) is 0. The van der Waals surface area contributed by atoms with Gasteiger partial charge in [0.2, 0.25) is 0 Å². The highest BCUT2D eigenvalue weighted by Gasteiger charge is 2.19. The van der Waals surface area contributed by atoms with Crippen molar-refractivity contribution in [1.82, 2.24) is 19.5 Å². The van der Waals surface area contributed by atoms with Gasteiger partial charge in [0, 0.05) is 45.5 Å². The molecule has 0 saturated heterocycles. The number of aromatic nitrogens is 4. The van der Waals surface area contributed by atoms with Crippen molar-refractivity contribution in [1.29, 1.82) is 0 Å². The second-order valence-electron chi connectivity index (χ2n) is 15.6. The Hall–Kier alpha value is -8.21. The van der Waals surface area contributed by atoms with Gasteiger partial charge in [-0.15, -0.1) is 0 Å². The summed E-state index contributed by atoms with van der Waals surface area (Å²) in [5.74, 6) is 0.671. The summed E-state index contributed by atoms with van der Waals surface area (Å²) in [6, 6.07) is 73.5. The van der Waals surface area contributed by atoms with Crippen molar-refractivity contribution in [2.45, 2.75) is 0 Å². The van der Waals surface area contributed by atoms with Crippen LogP contribution in [-0.4, -0.2) is 19.5 Å². The van der Waals surface area contributed by atoms with E-state index in [1.165, 1.54) is 43.6 Å². The molecule has 0 spiro atoms. The van der Waals surface area contributed by atoms with Gasteiger partial charge in [0.05, 0.1) is 22.4 Å². The summed E-state index contributed by atoms with van der Waals surface area (Å²) >= 11 is 0. The van der Waals surface area contributed by atoms with Crippen LogP contribution in [0.3, 0.4) is 0 Å². The average Bonchev–Trinajstić information content (AvgIpc) is 3.67. The minimum Gasteiger partial charge on any atom is -0.309 e. The second kappa shape index (κ2) is 14.3. The van der Waals surface area contributed by atoms with E-state index in [2.05, 4.69) is 216 Å². The molecule has 0 aliphatic carbocycles. The summed E-state index contributed by atoms with van der Waals surface area (Å²) in [4.78, 5) is 15.2. The van der Waals surface area contributed by atoms with Gasteiger partial charge in [-0.1, -0.05) is 164 Å². The summed E-state index contributed by atoms with van der Waals surface area (Å²) < 4.78 is 2.30. The molecule has 0 fully saturated rings. The van der Waals surface area contributed by atoms with Gasteiger partial charge in [0.1, 0.15) is 0 Å². The molecular formula is C57H36N4. The lowest BCUT2D eigenvalue weighted by molar-refractivity contribution is 1.17. The quantitative estimate of drug-likeness (QED) is 0.158. The number of hydrogen-bond donors (Lipinski definition) is 0. The highest BCUT2D eigenvalue weighted by molar-refractivity contribution is 6.21. The van der Waals surface area contributed by atoms with Gasteiger partial charge in [-0.25, -0.2) is 9.97 Å². The van der Waals surface area contributed by atoms with Crippen LogP contribution < -0.4 is 0 Å². The molecule has 4 heteroatoms. The molecule has 0 radical (unpaired) electrons. The van der Waals surface area contributed by atoms with Crippen LogP contribution in [0.4, 0.5) is 0 Å². The third kappa shape index (κ3) is 5.80. The number of fused-ring (bicyclic) bond motifs is 6. The van der Waals surface area contributed by atoms with Crippen LogP contribution in [0.5, 0.6) is 0 Å². The van der Waals surface area contributed by atoms with E-state index in [1.807, 2.05) is 12.4 Å². The molecule has 3 heterocycles. The van der Waals surface area contributed by atoms with Crippen molar-refractivity contribution >= 4 is 54.1 Å². The monoisotopic (exact) mass is 776 g/mol. The molecule has 0 bridgehead atoms. The average molecular weight is 777 g/mol. The number of rotatable bonds is 6. The maximum atomic E-state index is 5.35. The van der Waals surface area contributed by atoms with E-state index >= 15 is 0 Å². The van der Waals surface area contributed by atoms with E-state index in [0.29, 0.717) is 5.82 Å². The van der Waals surface area contributed by atoms with Crippen molar-refractivity contribution in [3.63, 3.8) is 0 Å². The van der Waals surface area contributed by atoms with Crippen LogP contribution in [0, 0.1) is 0 Å². The number of hydrogen-bond acceptors (Lipinski definition) is 3. The summed E-state index contributed by atoms with van der Waals surface area (Å²) in [5.41, 5.74) is 13.0. The minimum atomic E-state index is 0.671. The zero-order chi connectivity index (χ0) is 40.3. The topological polar surface area (TPSA) is 43.6 Å². The number of nitrogens with zero attached hydrogens (tertiary/aromatic N) is 4. The molecule has 0 N–H and O–H groups in total. The molecule has 284 valence electrons. The van der Waals surface area contributed by atoms with Crippen LogP contribution in [0.15, 0.2) is 219 Å². The molecular weight excluding hydrogens is 741 g/mol. The van der Waals surface area contributed by atoms with Gasteiger partial charge in [-0.3, -0.25) is 4.98 Å². The highest BCUT2D eigenvalue weighted by Crippen LogP contribution is 2.44. The maximum Gasteiger partial charge on any atom is 0.160 e. The van der Waals surface area contributed by atoms with Crippen molar-refractivity contribution in [3.05, 3.63) is 219 Å². The fourth-order valence-corrected chi connectivity index (χ4v) is 9.33. The first-order valence-electron chi connectivity index (χ1n) is 20.7. The summed E-state index contributed by atoms with van der Waals surface area (Å²) in [5, 5.41) is 9.46. The molecule has 0 atom stereocenters. The molecule has 3 aromatic heterocycles. The molecule has 9 aromatic carbocycles. The second-order valence-corrected chi connectivity index (χ2v) is 15.6. The Morgan fingerprint density at radius 3 is 1.59 bits per heavy atom. The Morgan fingerprint density at radius 2 is 0.885 bits per heavy atom. The summed E-state index contributed by atoms with van der Waals surface area (Å²) in [7, 11) is 0. The minimum absolute atomic E-state index is 0.671. The first-order valence-corrected chi connectivity index (χ1v) is 20.7. The van der Waals surface area contributed by atoms with Gasteiger partial charge < -0.3 is 4.57 Å². The van der Waals surface area contributed by atoms with E-state index in [9.17, 15) is 0 Å². The Balaban J connectivity index is 1.04. The molecule has 0 saturated carbocycles. The third-order valence-electron chi connectivity index (χ3n) is 12.1. The Morgan fingerprint density at radius 1 is 0.344 bits per heavy atom. The first kappa shape index (κ1) is 34.8. The molecule has 12 aromatic rings. The smallest absolute Gasteiger partial charge is 0.160 e. The number of para-hydroxylation sites is 1. The Labute approximate surface area is 352 Å². The van der Waals surface area contributed by atoms with E-state index in [4.69, 9.17) is 9.97 Å². The Kier molecular flexibility index (Phi) is 8.13. The fraction of sp³-hybridized carbons (Fsp3) is 0. The predicted octanol–water partition coefficient (Wildman–Crippen LogP) is 14.8. The van der Waals surface area contributed by atoms with Crippen molar-refractivity contribution in [2.75, 3.05) is 0 Å². The largest absolute Gasteiger partial charge is 0.309 e. The van der Waals surface area contributed by atoms with Crippen LogP contribution in [0.25, 0.3) is 116 Å². The predicted molar refractivity (Wildman–Crippen MR) is 254 cm³/mol. The third-order valence-corrected chi connectivity index (χ3v) is 12.1. The summed E-state index contributed by atoms with van der Waals surface area (Å²) in [6.07, 6.45) is 3.82. The molecule has 0 unspecified atom stereocenters. The van der Waals surface area contributed by atoms with E-state index < -0.39 is 0 Å². The molecule has 0 aliphatic heterocycles. The fourth-order valence-electron chi connectivity index (χ4n) is 9.33. The van der Waals surface area contributed by atoms with Crippen LogP contribution in [0.1, 0.15) is 0 Å². The van der Waals surface area contributed by atoms with Gasteiger partial charge in [-0.05, 0) is 97.0 Å². The van der Waals surface area contributed by atoms with Gasteiger partial charge in [0.15, 0.2) is 5.82 Å². The van der Waals surface area contributed by atoms with E-state index in [0.717, 1.165) is 66.5 Å². The number of pyridine rings is 1. The van der Waals surface area contributed by atoms with Gasteiger partial charge in [-0.2, -0.15) is 0 Å². The molecule has 0 aliphatic rings. The lowest BCUT2D eigenvalue weighted by Gasteiger charge is -2.18. The van der Waals surface area contributed by atoms with E-state index in [1.54, 1.807) is 0 Å². The zero-order valence-electron chi connectivity index (χ0n) is 33.1. The van der Waals surface area contributed by atoms with Crippen molar-refractivity contribution in [2.24, 2.45) is 0 Å². The first-order chi connectivity index (χ1) is 30.3. The zero-order valence-corrected chi connectivity index (χ0v) is 33.1. The van der Waals surface area contributed by atoms with E-state index in [-0.39, 0.29) is 0 Å². The highest BCUT2D eigenvalue weighted by atomic mass is 15.0. The lowest BCUT2D eigenvalue weighted by Crippen LogP contribution is -1.97. The Bertz CT molecular complexity index is 3570. The normalized spacial score (nSPS) is 11.6. The van der Waals surface area contributed by atoms with Crippen LogP contribution in [-0.2, 0) is 0 Å². The maximum absolute atomic E-state index is 5.35. The molecule has 61 heavy (non-hydrogen) atoms. The SMILES string of the molecule is c1ccc(-c2c3ccccc3c(-c3ccc(-c4cc(-c5cccc6ccccc56)nc(-c5ccc6c(c5)c5cnccc5n6-c5ccccc5)n4)cc3)c3ccccc23)cc1.